The summed E-state index contributed by atoms with van der Waals surface area (Å²) in [5.41, 5.74) is -0.118. The highest BCUT2D eigenvalue weighted by Crippen LogP contribution is 2.35. The van der Waals surface area contributed by atoms with Crippen LogP contribution in [0.25, 0.3) is 0 Å². The van der Waals surface area contributed by atoms with Crippen molar-refractivity contribution in [3.63, 3.8) is 0 Å². The lowest BCUT2D eigenvalue weighted by molar-refractivity contribution is -0.147. The second kappa shape index (κ2) is 5.60. The Morgan fingerprint density at radius 3 is 2.78 bits per heavy atom. The minimum absolute atomic E-state index is 0.118. The molecule has 0 aromatic rings. The topological polar surface area (TPSA) is 32.3 Å². The second-order valence-corrected chi connectivity index (χ2v) is 6.39. The minimum atomic E-state index is -0.118. The lowest BCUT2D eigenvalue weighted by Crippen LogP contribution is -2.55. The third-order valence-corrected chi connectivity index (χ3v) is 5.00. The van der Waals surface area contributed by atoms with Crippen LogP contribution in [-0.2, 0) is 4.79 Å². The van der Waals surface area contributed by atoms with Gasteiger partial charge in [0, 0.05) is 19.1 Å². The maximum Gasteiger partial charge on any atom is 0.230 e. The Balaban J connectivity index is 2.09. The molecule has 0 aliphatic carbocycles. The van der Waals surface area contributed by atoms with Crippen molar-refractivity contribution in [2.45, 2.75) is 58.9 Å². The number of rotatable bonds is 2. The summed E-state index contributed by atoms with van der Waals surface area (Å²) in [6.07, 6.45) is 5.51. The SMILES string of the molecule is CCC1(C(=O)N2CCC(C)CC2C)CCCNC1. The molecule has 2 aliphatic rings. The van der Waals surface area contributed by atoms with Crippen LogP contribution in [-0.4, -0.2) is 36.5 Å². The summed E-state index contributed by atoms with van der Waals surface area (Å²) < 4.78 is 0. The van der Waals surface area contributed by atoms with Crippen LogP contribution in [0.5, 0.6) is 0 Å². The van der Waals surface area contributed by atoms with Crippen molar-refractivity contribution in [3.05, 3.63) is 0 Å². The van der Waals surface area contributed by atoms with E-state index in [2.05, 4.69) is 31.0 Å². The van der Waals surface area contributed by atoms with Crippen molar-refractivity contribution in [3.8, 4) is 0 Å². The first kappa shape index (κ1) is 13.9. The van der Waals surface area contributed by atoms with Gasteiger partial charge in [0.25, 0.3) is 0 Å². The molecule has 0 radical (unpaired) electrons. The molecule has 0 spiro atoms. The number of carbonyl (C=O) groups is 1. The molecule has 2 rings (SSSR count). The molecule has 1 amide bonds. The molecule has 1 N–H and O–H groups in total. The first-order chi connectivity index (χ1) is 8.59. The molecule has 3 unspecified atom stereocenters. The summed E-state index contributed by atoms with van der Waals surface area (Å²) in [6, 6.07) is 0.423. The highest BCUT2D eigenvalue weighted by molar-refractivity contribution is 5.83. The van der Waals surface area contributed by atoms with Crippen molar-refractivity contribution >= 4 is 5.91 Å². The van der Waals surface area contributed by atoms with Crippen molar-refractivity contribution in [2.75, 3.05) is 19.6 Å². The van der Waals surface area contributed by atoms with Crippen molar-refractivity contribution in [2.24, 2.45) is 11.3 Å². The second-order valence-electron chi connectivity index (χ2n) is 6.39. The van der Waals surface area contributed by atoms with Crippen molar-refractivity contribution in [1.82, 2.24) is 10.2 Å². The molecule has 3 atom stereocenters. The van der Waals surface area contributed by atoms with Crippen LogP contribution in [0.15, 0.2) is 0 Å². The molecule has 2 saturated heterocycles. The van der Waals surface area contributed by atoms with Crippen molar-refractivity contribution < 1.29 is 4.79 Å². The maximum atomic E-state index is 12.9. The van der Waals surface area contributed by atoms with Gasteiger partial charge in [0.05, 0.1) is 5.41 Å². The number of likely N-dealkylation sites (tertiary alicyclic amines) is 1. The largest absolute Gasteiger partial charge is 0.339 e. The van der Waals surface area contributed by atoms with E-state index in [-0.39, 0.29) is 5.41 Å². The van der Waals surface area contributed by atoms with Crippen LogP contribution in [0, 0.1) is 11.3 Å². The van der Waals surface area contributed by atoms with Gasteiger partial charge >= 0.3 is 0 Å². The van der Waals surface area contributed by atoms with Gasteiger partial charge in [0.1, 0.15) is 0 Å². The number of nitrogens with zero attached hydrogens (tertiary/aromatic N) is 1. The quantitative estimate of drug-likeness (QED) is 0.818. The molecule has 0 aromatic carbocycles. The molecule has 0 saturated carbocycles. The van der Waals surface area contributed by atoms with Gasteiger partial charge in [0.2, 0.25) is 5.91 Å². The fourth-order valence-corrected chi connectivity index (χ4v) is 3.62. The van der Waals surface area contributed by atoms with E-state index in [4.69, 9.17) is 0 Å². The van der Waals surface area contributed by atoms with E-state index in [1.807, 2.05) is 0 Å². The number of hydrogen-bond donors (Lipinski definition) is 1. The summed E-state index contributed by atoms with van der Waals surface area (Å²) in [5.74, 6) is 1.18. The van der Waals surface area contributed by atoms with Crippen LogP contribution in [0.3, 0.4) is 0 Å². The predicted octanol–water partition coefficient (Wildman–Crippen LogP) is 2.41. The molecular weight excluding hydrogens is 224 g/mol. The minimum Gasteiger partial charge on any atom is -0.339 e. The van der Waals surface area contributed by atoms with E-state index in [0.717, 1.165) is 44.8 Å². The van der Waals surface area contributed by atoms with Gasteiger partial charge in [-0.2, -0.15) is 0 Å². The highest BCUT2D eigenvalue weighted by atomic mass is 16.2. The van der Waals surface area contributed by atoms with E-state index in [9.17, 15) is 4.79 Å². The molecule has 2 fully saturated rings. The lowest BCUT2D eigenvalue weighted by Gasteiger charge is -2.44. The Hall–Kier alpha value is -0.570. The maximum absolute atomic E-state index is 12.9. The van der Waals surface area contributed by atoms with Crippen LogP contribution < -0.4 is 5.32 Å². The third-order valence-electron chi connectivity index (χ3n) is 5.00. The van der Waals surface area contributed by atoms with E-state index >= 15 is 0 Å². The molecule has 104 valence electrons. The Kier molecular flexibility index (Phi) is 4.31. The molecule has 0 aromatic heterocycles. The first-order valence-corrected chi connectivity index (χ1v) is 7.61. The molecule has 3 heteroatoms. The molecule has 2 aliphatic heterocycles. The van der Waals surface area contributed by atoms with Gasteiger partial charge < -0.3 is 10.2 Å². The van der Waals surface area contributed by atoms with Gasteiger partial charge in [0.15, 0.2) is 0 Å². The number of carbonyl (C=O) groups excluding carboxylic acids is 1. The Morgan fingerprint density at radius 1 is 1.44 bits per heavy atom. The van der Waals surface area contributed by atoms with E-state index < -0.39 is 0 Å². The zero-order valence-corrected chi connectivity index (χ0v) is 12.2. The normalized spacial score (nSPS) is 37.6. The molecule has 18 heavy (non-hydrogen) atoms. The summed E-state index contributed by atoms with van der Waals surface area (Å²) in [5, 5.41) is 3.42. The standard InChI is InChI=1S/C15H28N2O/c1-4-15(7-5-8-16-11-15)14(18)17-9-6-12(2)10-13(17)3/h12-13,16H,4-11H2,1-3H3. The summed E-state index contributed by atoms with van der Waals surface area (Å²) in [6.45, 7) is 9.59. The molecular formula is C15H28N2O. The zero-order chi connectivity index (χ0) is 13.2. The lowest BCUT2D eigenvalue weighted by atomic mass is 9.76. The number of hydrogen-bond acceptors (Lipinski definition) is 2. The summed E-state index contributed by atoms with van der Waals surface area (Å²) in [7, 11) is 0. The van der Waals surface area contributed by atoms with Crippen LogP contribution >= 0.6 is 0 Å². The fourth-order valence-electron chi connectivity index (χ4n) is 3.62. The Labute approximate surface area is 111 Å². The molecule has 3 nitrogen and oxygen atoms in total. The van der Waals surface area contributed by atoms with Crippen LogP contribution in [0.2, 0.25) is 0 Å². The number of nitrogens with one attached hydrogen (secondary N) is 1. The average molecular weight is 252 g/mol. The van der Waals surface area contributed by atoms with E-state index in [1.165, 1.54) is 12.8 Å². The molecule has 0 bridgehead atoms. The van der Waals surface area contributed by atoms with Crippen molar-refractivity contribution in [1.29, 1.82) is 0 Å². The van der Waals surface area contributed by atoms with Crippen LogP contribution in [0.1, 0.15) is 52.9 Å². The van der Waals surface area contributed by atoms with Gasteiger partial charge in [-0.25, -0.2) is 0 Å². The van der Waals surface area contributed by atoms with Crippen LogP contribution in [0.4, 0.5) is 0 Å². The fraction of sp³-hybridized carbons (Fsp3) is 0.933. The average Bonchev–Trinajstić information content (AvgIpc) is 2.39. The van der Waals surface area contributed by atoms with Gasteiger partial charge in [-0.05, 0) is 51.5 Å². The highest BCUT2D eigenvalue weighted by Gasteiger charge is 2.42. The van der Waals surface area contributed by atoms with E-state index in [1.54, 1.807) is 0 Å². The molecule has 2 heterocycles. The Morgan fingerprint density at radius 2 is 2.22 bits per heavy atom. The third kappa shape index (κ3) is 2.56. The monoisotopic (exact) mass is 252 g/mol. The van der Waals surface area contributed by atoms with Gasteiger partial charge in [-0.1, -0.05) is 13.8 Å². The number of piperidine rings is 2. The summed E-state index contributed by atoms with van der Waals surface area (Å²) in [4.78, 5) is 15.1. The summed E-state index contributed by atoms with van der Waals surface area (Å²) >= 11 is 0. The van der Waals surface area contributed by atoms with Gasteiger partial charge in [-0.3, -0.25) is 4.79 Å². The first-order valence-electron chi connectivity index (χ1n) is 7.61. The smallest absolute Gasteiger partial charge is 0.230 e. The van der Waals surface area contributed by atoms with Gasteiger partial charge in [-0.15, -0.1) is 0 Å². The number of amides is 1. The van der Waals surface area contributed by atoms with E-state index in [0.29, 0.717) is 11.9 Å². The zero-order valence-electron chi connectivity index (χ0n) is 12.2. The Bertz CT molecular complexity index is 297. The predicted molar refractivity (Wildman–Crippen MR) is 74.4 cm³/mol.